The Bertz CT molecular complexity index is 411. The Hall–Kier alpha value is -0.270. The number of nitrogens with zero attached hydrogens (tertiary/aromatic N) is 1. The van der Waals surface area contributed by atoms with Crippen molar-refractivity contribution in [3.05, 3.63) is 0 Å². The number of rotatable bonds is 2. The summed E-state index contributed by atoms with van der Waals surface area (Å²) in [7, 11) is -2.96. The third kappa shape index (κ3) is 3.61. The zero-order chi connectivity index (χ0) is 13.2. The number of sulfone groups is 1. The highest BCUT2D eigenvalue weighted by Crippen LogP contribution is 2.18. The number of carbonyl (C=O) groups is 1. The number of hydrogen-bond acceptors (Lipinski definition) is 5. The molecule has 2 aliphatic rings. The molecule has 1 N–H and O–H groups in total. The van der Waals surface area contributed by atoms with Gasteiger partial charge in [-0.2, -0.15) is 11.8 Å². The van der Waals surface area contributed by atoms with Gasteiger partial charge in [-0.25, -0.2) is 8.42 Å². The second-order valence-electron chi connectivity index (χ2n) is 4.98. The maximum atomic E-state index is 12.2. The number of thioether (sulfide) groups is 1. The Morgan fingerprint density at radius 3 is 2.94 bits per heavy atom. The lowest BCUT2D eigenvalue weighted by Crippen LogP contribution is -2.50. The summed E-state index contributed by atoms with van der Waals surface area (Å²) in [5, 5.41) is 3.13. The van der Waals surface area contributed by atoms with Gasteiger partial charge in [0.1, 0.15) is 0 Å². The van der Waals surface area contributed by atoms with E-state index in [9.17, 15) is 13.2 Å². The first kappa shape index (κ1) is 14.1. The molecule has 0 aromatic rings. The Balaban J connectivity index is 1.90. The SMILES string of the molecule is CC1CSCCN1C(=O)CC1CS(=O)(=O)CCN1. The standard InChI is InChI=1S/C11H20N2O3S2/c1-9-7-17-4-3-13(9)11(14)6-10-8-18(15,16)5-2-12-10/h9-10,12H,2-8H2,1H3. The van der Waals surface area contributed by atoms with Crippen molar-refractivity contribution in [2.75, 3.05) is 36.1 Å². The van der Waals surface area contributed by atoms with E-state index in [1.807, 2.05) is 16.7 Å². The fourth-order valence-electron chi connectivity index (χ4n) is 2.42. The van der Waals surface area contributed by atoms with Crippen molar-refractivity contribution in [1.29, 1.82) is 0 Å². The van der Waals surface area contributed by atoms with Crippen LogP contribution >= 0.6 is 11.8 Å². The van der Waals surface area contributed by atoms with E-state index in [1.54, 1.807) is 0 Å². The van der Waals surface area contributed by atoms with E-state index < -0.39 is 9.84 Å². The van der Waals surface area contributed by atoms with Gasteiger partial charge in [-0.05, 0) is 6.92 Å². The van der Waals surface area contributed by atoms with Crippen molar-refractivity contribution in [3.8, 4) is 0 Å². The molecule has 2 atom stereocenters. The van der Waals surface area contributed by atoms with Gasteiger partial charge in [0.05, 0.1) is 11.5 Å². The molecule has 0 aromatic carbocycles. The summed E-state index contributed by atoms with van der Waals surface area (Å²) in [5.74, 6) is 2.32. The summed E-state index contributed by atoms with van der Waals surface area (Å²) < 4.78 is 23.0. The van der Waals surface area contributed by atoms with E-state index >= 15 is 0 Å². The second-order valence-corrected chi connectivity index (χ2v) is 8.36. The van der Waals surface area contributed by atoms with Crippen LogP contribution in [0.1, 0.15) is 13.3 Å². The average molecular weight is 292 g/mol. The molecule has 0 aromatic heterocycles. The minimum Gasteiger partial charge on any atom is -0.338 e. The number of hydrogen-bond donors (Lipinski definition) is 1. The first-order valence-corrected chi connectivity index (χ1v) is 9.26. The van der Waals surface area contributed by atoms with Crippen LogP contribution in [0.2, 0.25) is 0 Å². The van der Waals surface area contributed by atoms with Gasteiger partial charge in [-0.15, -0.1) is 0 Å². The van der Waals surface area contributed by atoms with Crippen molar-refractivity contribution in [1.82, 2.24) is 10.2 Å². The lowest BCUT2D eigenvalue weighted by atomic mass is 10.2. The van der Waals surface area contributed by atoms with E-state index in [1.165, 1.54) is 0 Å². The molecule has 0 saturated carbocycles. The molecule has 2 heterocycles. The molecule has 2 rings (SSSR count). The predicted molar refractivity (Wildman–Crippen MR) is 73.6 cm³/mol. The van der Waals surface area contributed by atoms with Crippen LogP contribution in [-0.4, -0.2) is 67.4 Å². The highest BCUT2D eigenvalue weighted by atomic mass is 32.2. The van der Waals surface area contributed by atoms with Gasteiger partial charge in [-0.3, -0.25) is 4.79 Å². The highest BCUT2D eigenvalue weighted by molar-refractivity contribution is 7.99. The summed E-state index contributed by atoms with van der Waals surface area (Å²) in [5.41, 5.74) is 0. The van der Waals surface area contributed by atoms with Crippen LogP contribution in [0.4, 0.5) is 0 Å². The van der Waals surface area contributed by atoms with Crippen LogP contribution < -0.4 is 5.32 Å². The summed E-state index contributed by atoms with van der Waals surface area (Å²) >= 11 is 1.86. The largest absolute Gasteiger partial charge is 0.338 e. The zero-order valence-electron chi connectivity index (χ0n) is 10.6. The average Bonchev–Trinajstić information content (AvgIpc) is 2.28. The van der Waals surface area contributed by atoms with Crippen molar-refractivity contribution >= 4 is 27.5 Å². The van der Waals surface area contributed by atoms with E-state index in [2.05, 4.69) is 12.2 Å². The van der Waals surface area contributed by atoms with Crippen LogP contribution in [0.5, 0.6) is 0 Å². The van der Waals surface area contributed by atoms with Gasteiger partial charge >= 0.3 is 0 Å². The number of carbonyl (C=O) groups excluding carboxylic acids is 1. The molecular weight excluding hydrogens is 272 g/mol. The first-order valence-electron chi connectivity index (χ1n) is 6.29. The maximum Gasteiger partial charge on any atom is 0.224 e. The smallest absolute Gasteiger partial charge is 0.224 e. The fraction of sp³-hybridized carbons (Fsp3) is 0.909. The van der Waals surface area contributed by atoms with Gasteiger partial charge < -0.3 is 10.2 Å². The van der Waals surface area contributed by atoms with Crippen LogP contribution in [0, 0.1) is 0 Å². The Labute approximate surface area is 113 Å². The molecule has 0 radical (unpaired) electrons. The Morgan fingerprint density at radius 2 is 2.28 bits per heavy atom. The van der Waals surface area contributed by atoms with E-state index in [0.29, 0.717) is 13.0 Å². The monoisotopic (exact) mass is 292 g/mol. The zero-order valence-corrected chi connectivity index (χ0v) is 12.2. The molecule has 2 unspecified atom stereocenters. The number of amides is 1. The quantitative estimate of drug-likeness (QED) is 0.759. The molecule has 18 heavy (non-hydrogen) atoms. The van der Waals surface area contributed by atoms with Gasteiger partial charge in [0, 0.05) is 43.1 Å². The van der Waals surface area contributed by atoms with Crippen LogP contribution in [0.15, 0.2) is 0 Å². The molecule has 7 heteroatoms. The number of nitrogens with one attached hydrogen (secondary N) is 1. The van der Waals surface area contributed by atoms with Crippen molar-refractivity contribution < 1.29 is 13.2 Å². The van der Waals surface area contributed by atoms with Crippen molar-refractivity contribution in [2.45, 2.75) is 25.4 Å². The van der Waals surface area contributed by atoms with Crippen LogP contribution in [0.3, 0.4) is 0 Å². The molecular formula is C11H20N2O3S2. The van der Waals surface area contributed by atoms with Gasteiger partial charge in [0.2, 0.25) is 5.91 Å². The van der Waals surface area contributed by atoms with Gasteiger partial charge in [0.25, 0.3) is 0 Å². The third-order valence-corrected chi connectivity index (χ3v) is 6.34. The minimum atomic E-state index is -2.96. The molecule has 0 bridgehead atoms. The van der Waals surface area contributed by atoms with Crippen LogP contribution in [-0.2, 0) is 14.6 Å². The molecule has 2 saturated heterocycles. The first-order chi connectivity index (χ1) is 8.48. The van der Waals surface area contributed by atoms with E-state index in [0.717, 1.165) is 18.1 Å². The molecule has 5 nitrogen and oxygen atoms in total. The summed E-state index contributed by atoms with van der Waals surface area (Å²) in [4.78, 5) is 14.1. The van der Waals surface area contributed by atoms with Gasteiger partial charge in [0.15, 0.2) is 9.84 Å². The normalized spacial score (nSPS) is 32.2. The lowest BCUT2D eigenvalue weighted by molar-refractivity contribution is -0.133. The Kier molecular flexibility index (Phi) is 4.55. The Morgan fingerprint density at radius 1 is 1.50 bits per heavy atom. The summed E-state index contributed by atoms with van der Waals surface area (Å²) in [6.07, 6.45) is 0.300. The fourth-order valence-corrected chi connectivity index (χ4v) is 4.88. The lowest BCUT2D eigenvalue weighted by Gasteiger charge is -2.34. The molecule has 2 aliphatic heterocycles. The topological polar surface area (TPSA) is 66.5 Å². The second kappa shape index (κ2) is 5.79. The third-order valence-electron chi connectivity index (χ3n) is 3.41. The van der Waals surface area contributed by atoms with E-state index in [-0.39, 0.29) is 29.5 Å². The molecule has 104 valence electrons. The summed E-state index contributed by atoms with van der Waals surface area (Å²) in [6, 6.07) is 0.0504. The molecule has 2 fully saturated rings. The van der Waals surface area contributed by atoms with Crippen LogP contribution in [0.25, 0.3) is 0 Å². The van der Waals surface area contributed by atoms with Crippen molar-refractivity contribution in [2.24, 2.45) is 0 Å². The highest BCUT2D eigenvalue weighted by Gasteiger charge is 2.29. The van der Waals surface area contributed by atoms with Gasteiger partial charge in [-0.1, -0.05) is 0 Å². The predicted octanol–water partition coefficient (Wildman–Crippen LogP) is -0.273. The summed E-state index contributed by atoms with van der Waals surface area (Å²) in [6.45, 7) is 3.30. The maximum absolute atomic E-state index is 12.2. The van der Waals surface area contributed by atoms with Crippen molar-refractivity contribution in [3.63, 3.8) is 0 Å². The molecule has 0 spiro atoms. The van der Waals surface area contributed by atoms with E-state index in [4.69, 9.17) is 0 Å². The molecule has 1 amide bonds. The molecule has 0 aliphatic carbocycles. The minimum absolute atomic E-state index is 0.0809.